The number of benzene rings is 1. The summed E-state index contributed by atoms with van der Waals surface area (Å²) < 4.78 is 7.96. The molecular weight excluding hydrogens is 396 g/mol. The van der Waals surface area contributed by atoms with E-state index in [-0.39, 0.29) is 0 Å². The van der Waals surface area contributed by atoms with Crippen molar-refractivity contribution in [2.75, 3.05) is 6.61 Å². The minimum Gasteiger partial charge on any atom is -0.493 e. The molecule has 2 aromatic rings. The van der Waals surface area contributed by atoms with Gasteiger partial charge in [-0.05, 0) is 19.4 Å². The summed E-state index contributed by atoms with van der Waals surface area (Å²) in [7, 11) is 0. The second kappa shape index (κ2) is 15.9. The summed E-state index contributed by atoms with van der Waals surface area (Å²) in [6.45, 7) is 5.27. The molecule has 4 nitrogen and oxygen atoms in total. The van der Waals surface area contributed by atoms with E-state index in [2.05, 4.69) is 11.9 Å². The topological polar surface area (TPSA) is 47.3 Å². The molecule has 0 fully saturated rings. The highest BCUT2D eigenvalue weighted by atomic mass is 16.5. The van der Waals surface area contributed by atoms with Crippen LogP contribution in [0.25, 0.3) is 0 Å². The van der Waals surface area contributed by atoms with Crippen molar-refractivity contribution in [3.8, 4) is 5.75 Å². The predicted molar refractivity (Wildman–Crippen MR) is 134 cm³/mol. The van der Waals surface area contributed by atoms with Gasteiger partial charge in [-0.2, -0.15) is 0 Å². The van der Waals surface area contributed by atoms with E-state index in [9.17, 15) is 5.11 Å². The van der Waals surface area contributed by atoms with E-state index >= 15 is 0 Å². The molecule has 0 amide bonds. The molecule has 0 saturated heterocycles. The number of rotatable bonds is 19. The highest BCUT2D eigenvalue weighted by Gasteiger charge is 2.27. The number of imidazole rings is 1. The first kappa shape index (κ1) is 26.4. The third-order valence-corrected chi connectivity index (χ3v) is 6.27. The van der Waals surface area contributed by atoms with Crippen LogP contribution in [0.5, 0.6) is 5.75 Å². The van der Waals surface area contributed by atoms with E-state index in [0.29, 0.717) is 13.2 Å². The average Bonchev–Trinajstić information content (AvgIpc) is 3.29. The molecule has 1 aromatic carbocycles. The minimum absolute atomic E-state index is 0.451. The van der Waals surface area contributed by atoms with Gasteiger partial charge >= 0.3 is 0 Å². The Morgan fingerprint density at radius 1 is 0.844 bits per heavy atom. The quantitative estimate of drug-likeness (QED) is 0.227. The second-order valence-electron chi connectivity index (χ2n) is 9.45. The van der Waals surface area contributed by atoms with Crippen LogP contribution in [0.1, 0.15) is 109 Å². The van der Waals surface area contributed by atoms with Gasteiger partial charge < -0.3 is 14.4 Å². The molecule has 0 aliphatic rings. The first-order valence-electron chi connectivity index (χ1n) is 13.0. The molecule has 32 heavy (non-hydrogen) atoms. The first-order chi connectivity index (χ1) is 15.6. The minimum atomic E-state index is -1.01. The summed E-state index contributed by atoms with van der Waals surface area (Å²) in [6.07, 6.45) is 24.3. The smallest absolute Gasteiger partial charge is 0.125 e. The van der Waals surface area contributed by atoms with Crippen LogP contribution >= 0.6 is 0 Å². The molecule has 180 valence electrons. The molecule has 0 bridgehead atoms. The number of hydrogen-bond acceptors (Lipinski definition) is 3. The van der Waals surface area contributed by atoms with Crippen LogP contribution in [-0.4, -0.2) is 21.3 Å². The van der Waals surface area contributed by atoms with Crippen molar-refractivity contribution in [3.63, 3.8) is 0 Å². The number of ether oxygens (including phenoxy) is 1. The fourth-order valence-corrected chi connectivity index (χ4v) is 4.34. The summed E-state index contributed by atoms with van der Waals surface area (Å²) >= 11 is 0. The number of unbranched alkanes of at least 4 members (excludes halogenated alkanes) is 13. The van der Waals surface area contributed by atoms with Crippen molar-refractivity contribution < 1.29 is 9.84 Å². The van der Waals surface area contributed by atoms with Gasteiger partial charge in [0.1, 0.15) is 11.4 Å². The SMILES string of the molecule is CCCCCCCCCCCCCCCCOc1ccccc1C(C)(O)Cn1ccnc1. The van der Waals surface area contributed by atoms with Gasteiger partial charge in [0.25, 0.3) is 0 Å². The van der Waals surface area contributed by atoms with Crippen molar-refractivity contribution in [2.45, 2.75) is 116 Å². The van der Waals surface area contributed by atoms with Gasteiger partial charge in [0, 0.05) is 18.0 Å². The summed E-state index contributed by atoms with van der Waals surface area (Å²) in [5, 5.41) is 11.0. The fourth-order valence-electron chi connectivity index (χ4n) is 4.34. The van der Waals surface area contributed by atoms with Crippen LogP contribution < -0.4 is 4.74 Å². The number of aromatic nitrogens is 2. The lowest BCUT2D eigenvalue weighted by molar-refractivity contribution is 0.0351. The third-order valence-electron chi connectivity index (χ3n) is 6.27. The van der Waals surface area contributed by atoms with E-state index in [0.717, 1.165) is 17.7 Å². The van der Waals surface area contributed by atoms with Crippen LogP contribution in [0.3, 0.4) is 0 Å². The standard InChI is InChI=1S/C28H46N2O2/c1-3-4-5-6-7-8-9-10-11-12-13-14-15-18-23-32-27-20-17-16-19-26(27)28(2,31)24-30-22-21-29-25-30/h16-17,19-22,25,31H,3-15,18,23-24H2,1-2H3. The van der Waals surface area contributed by atoms with Crippen LogP contribution in [0, 0.1) is 0 Å². The Hall–Kier alpha value is -1.81. The lowest BCUT2D eigenvalue weighted by Gasteiger charge is -2.26. The van der Waals surface area contributed by atoms with Gasteiger partial charge in [-0.25, -0.2) is 4.98 Å². The monoisotopic (exact) mass is 442 g/mol. The van der Waals surface area contributed by atoms with Crippen molar-refractivity contribution in [2.24, 2.45) is 0 Å². The predicted octanol–water partition coefficient (Wildman–Crippen LogP) is 7.65. The number of nitrogens with zero attached hydrogens (tertiary/aromatic N) is 2. The first-order valence-corrected chi connectivity index (χ1v) is 13.0. The molecule has 0 saturated carbocycles. The van der Waals surface area contributed by atoms with Crippen molar-refractivity contribution in [3.05, 3.63) is 48.5 Å². The molecule has 0 aliphatic carbocycles. The molecule has 4 heteroatoms. The largest absolute Gasteiger partial charge is 0.493 e. The second-order valence-corrected chi connectivity index (χ2v) is 9.45. The highest BCUT2D eigenvalue weighted by molar-refractivity contribution is 5.37. The van der Waals surface area contributed by atoms with Gasteiger partial charge in [-0.1, -0.05) is 109 Å². The summed E-state index contributed by atoms with van der Waals surface area (Å²) in [5.41, 5.74) is -0.175. The highest BCUT2D eigenvalue weighted by Crippen LogP contribution is 2.31. The molecule has 0 radical (unpaired) electrons. The number of para-hydroxylation sites is 1. The van der Waals surface area contributed by atoms with Crippen molar-refractivity contribution >= 4 is 0 Å². The molecule has 2 rings (SSSR count). The zero-order valence-corrected chi connectivity index (χ0v) is 20.6. The maximum Gasteiger partial charge on any atom is 0.125 e. The fraction of sp³-hybridized carbons (Fsp3) is 0.679. The van der Waals surface area contributed by atoms with Gasteiger partial charge in [0.05, 0.1) is 19.5 Å². The number of hydrogen-bond donors (Lipinski definition) is 1. The Bertz CT molecular complexity index is 697. The Balaban J connectivity index is 1.53. The molecule has 1 unspecified atom stereocenters. The van der Waals surface area contributed by atoms with Gasteiger partial charge in [-0.3, -0.25) is 0 Å². The number of aliphatic hydroxyl groups is 1. The normalized spacial score (nSPS) is 13.2. The Morgan fingerprint density at radius 3 is 1.97 bits per heavy atom. The average molecular weight is 443 g/mol. The van der Waals surface area contributed by atoms with E-state index in [1.54, 1.807) is 12.5 Å². The van der Waals surface area contributed by atoms with E-state index in [1.807, 2.05) is 42.0 Å². The lowest BCUT2D eigenvalue weighted by atomic mass is 9.95. The van der Waals surface area contributed by atoms with Crippen molar-refractivity contribution in [1.82, 2.24) is 9.55 Å². The van der Waals surface area contributed by atoms with Gasteiger partial charge in [0.15, 0.2) is 0 Å². The summed E-state index contributed by atoms with van der Waals surface area (Å²) in [4.78, 5) is 4.07. The Labute approximate surface area is 196 Å². The van der Waals surface area contributed by atoms with Crippen LogP contribution in [0.2, 0.25) is 0 Å². The van der Waals surface area contributed by atoms with E-state index < -0.39 is 5.60 Å². The van der Waals surface area contributed by atoms with Crippen LogP contribution in [0.4, 0.5) is 0 Å². The van der Waals surface area contributed by atoms with E-state index in [4.69, 9.17) is 4.74 Å². The molecule has 1 aromatic heterocycles. The molecule has 1 N–H and O–H groups in total. The maximum atomic E-state index is 11.0. The lowest BCUT2D eigenvalue weighted by Crippen LogP contribution is -2.28. The molecule has 1 heterocycles. The zero-order valence-electron chi connectivity index (χ0n) is 20.6. The van der Waals surface area contributed by atoms with Crippen LogP contribution in [-0.2, 0) is 12.1 Å². The van der Waals surface area contributed by atoms with Gasteiger partial charge in [-0.15, -0.1) is 0 Å². The van der Waals surface area contributed by atoms with Crippen molar-refractivity contribution in [1.29, 1.82) is 0 Å². The Morgan fingerprint density at radius 2 is 1.41 bits per heavy atom. The third kappa shape index (κ3) is 10.7. The summed E-state index contributed by atoms with van der Waals surface area (Å²) in [6, 6.07) is 7.84. The zero-order chi connectivity index (χ0) is 22.9. The van der Waals surface area contributed by atoms with Gasteiger partial charge in [0.2, 0.25) is 0 Å². The summed E-state index contributed by atoms with van der Waals surface area (Å²) in [5.74, 6) is 0.785. The van der Waals surface area contributed by atoms with E-state index in [1.165, 1.54) is 83.5 Å². The maximum absolute atomic E-state index is 11.0. The van der Waals surface area contributed by atoms with Crippen LogP contribution in [0.15, 0.2) is 43.0 Å². The molecular formula is C28H46N2O2. The molecule has 0 spiro atoms. The molecule has 1 atom stereocenters. The Kier molecular flexibility index (Phi) is 13.1. The molecule has 0 aliphatic heterocycles.